The maximum atomic E-state index is 12.7. The van der Waals surface area contributed by atoms with E-state index in [1.165, 1.54) is 5.56 Å². The van der Waals surface area contributed by atoms with Crippen molar-refractivity contribution in [2.45, 2.75) is 58.5 Å². The van der Waals surface area contributed by atoms with Crippen LogP contribution in [0.1, 0.15) is 62.7 Å². The topological polar surface area (TPSA) is 58.1 Å². The summed E-state index contributed by atoms with van der Waals surface area (Å²) in [7, 11) is 0. The van der Waals surface area contributed by atoms with E-state index in [0.29, 0.717) is 0 Å². The summed E-state index contributed by atoms with van der Waals surface area (Å²) >= 11 is 0. The molecule has 5 heteroatoms. The number of nitrogens with one attached hydrogen (secondary N) is 1. The lowest BCUT2D eigenvalue weighted by Gasteiger charge is -2.28. The molecule has 0 aromatic carbocycles. The minimum Gasteiger partial charge on any atom is -0.332 e. The van der Waals surface area contributed by atoms with Crippen molar-refractivity contribution >= 4 is 5.91 Å². The average molecular weight is 302 g/mol. The van der Waals surface area contributed by atoms with Crippen LogP contribution in [0.25, 0.3) is 0 Å². The zero-order chi connectivity index (χ0) is 15.5. The summed E-state index contributed by atoms with van der Waals surface area (Å²) in [5.74, 6) is 1.27. The highest BCUT2D eigenvalue weighted by atomic mass is 16.2. The third kappa shape index (κ3) is 2.86. The van der Waals surface area contributed by atoms with Crippen molar-refractivity contribution in [1.29, 1.82) is 0 Å². The summed E-state index contributed by atoms with van der Waals surface area (Å²) in [5.41, 5.74) is 2.36. The molecule has 1 aromatic rings. The number of hydrogen-bond donors (Lipinski definition) is 1. The van der Waals surface area contributed by atoms with Gasteiger partial charge in [0.2, 0.25) is 5.91 Å². The standard InChI is InChI=1S/C17H26N4O/c1-3-12(4-2)17(22)21-9-5-6-15(21)16-19-11-13-10-18-8-7-14(13)20-16/h11-12,15,18H,3-10H2,1-2H3. The van der Waals surface area contributed by atoms with Crippen LogP contribution in [0, 0.1) is 5.92 Å². The first-order valence-electron chi connectivity index (χ1n) is 8.60. The predicted molar refractivity (Wildman–Crippen MR) is 85.2 cm³/mol. The monoisotopic (exact) mass is 302 g/mol. The van der Waals surface area contributed by atoms with E-state index in [0.717, 1.165) is 63.3 Å². The molecule has 1 atom stereocenters. The number of nitrogens with zero attached hydrogens (tertiary/aromatic N) is 3. The number of aromatic nitrogens is 2. The minimum absolute atomic E-state index is 0.0771. The SMILES string of the molecule is CCC(CC)C(=O)N1CCCC1c1ncc2c(n1)CCNC2. The first kappa shape index (κ1) is 15.4. The van der Waals surface area contributed by atoms with Gasteiger partial charge in [0.15, 0.2) is 5.82 Å². The Morgan fingerprint density at radius 1 is 1.45 bits per heavy atom. The maximum Gasteiger partial charge on any atom is 0.226 e. The molecule has 1 saturated heterocycles. The molecule has 5 nitrogen and oxygen atoms in total. The Bertz CT molecular complexity index is 541. The lowest BCUT2D eigenvalue weighted by Crippen LogP contribution is -2.36. The van der Waals surface area contributed by atoms with Gasteiger partial charge in [0, 0.05) is 49.4 Å². The van der Waals surface area contributed by atoms with E-state index in [-0.39, 0.29) is 17.9 Å². The Kier molecular flexibility index (Phi) is 4.71. The summed E-state index contributed by atoms with van der Waals surface area (Å²) in [5, 5.41) is 3.34. The average Bonchev–Trinajstić information content (AvgIpc) is 3.05. The quantitative estimate of drug-likeness (QED) is 0.926. The summed E-state index contributed by atoms with van der Waals surface area (Å²) in [6.45, 7) is 6.88. The second-order valence-electron chi connectivity index (χ2n) is 6.33. The fraction of sp³-hybridized carbons (Fsp3) is 0.706. The van der Waals surface area contributed by atoms with Gasteiger partial charge in [-0.05, 0) is 25.7 Å². The van der Waals surface area contributed by atoms with E-state index >= 15 is 0 Å². The molecule has 0 bridgehead atoms. The van der Waals surface area contributed by atoms with Crippen LogP contribution in [-0.4, -0.2) is 33.9 Å². The fourth-order valence-corrected chi connectivity index (χ4v) is 3.58. The number of hydrogen-bond acceptors (Lipinski definition) is 4. The van der Waals surface area contributed by atoms with Crippen molar-refractivity contribution in [3.05, 3.63) is 23.3 Å². The van der Waals surface area contributed by atoms with E-state index in [1.54, 1.807) is 0 Å². The Morgan fingerprint density at radius 3 is 3.05 bits per heavy atom. The van der Waals surface area contributed by atoms with E-state index in [2.05, 4.69) is 24.1 Å². The van der Waals surface area contributed by atoms with Gasteiger partial charge in [-0.1, -0.05) is 13.8 Å². The fourth-order valence-electron chi connectivity index (χ4n) is 3.58. The van der Waals surface area contributed by atoms with Gasteiger partial charge >= 0.3 is 0 Å². The molecule has 120 valence electrons. The van der Waals surface area contributed by atoms with Crippen LogP contribution in [0.15, 0.2) is 6.20 Å². The van der Waals surface area contributed by atoms with E-state index < -0.39 is 0 Å². The maximum absolute atomic E-state index is 12.7. The first-order chi connectivity index (χ1) is 10.7. The third-order valence-corrected chi connectivity index (χ3v) is 5.00. The van der Waals surface area contributed by atoms with E-state index in [1.807, 2.05) is 11.1 Å². The summed E-state index contributed by atoms with van der Waals surface area (Å²) < 4.78 is 0. The Balaban J connectivity index is 1.82. The van der Waals surface area contributed by atoms with Gasteiger partial charge in [-0.3, -0.25) is 4.79 Å². The molecule has 2 aliphatic heterocycles. The zero-order valence-corrected chi connectivity index (χ0v) is 13.6. The van der Waals surface area contributed by atoms with Crippen LogP contribution >= 0.6 is 0 Å². The van der Waals surface area contributed by atoms with Gasteiger partial charge in [0.1, 0.15) is 0 Å². The van der Waals surface area contributed by atoms with Crippen LogP contribution in [0.5, 0.6) is 0 Å². The van der Waals surface area contributed by atoms with Crippen molar-refractivity contribution in [2.75, 3.05) is 13.1 Å². The molecule has 0 radical (unpaired) electrons. The van der Waals surface area contributed by atoms with E-state index in [4.69, 9.17) is 4.98 Å². The highest BCUT2D eigenvalue weighted by molar-refractivity contribution is 5.79. The second kappa shape index (κ2) is 6.73. The zero-order valence-electron chi connectivity index (χ0n) is 13.6. The molecule has 3 heterocycles. The van der Waals surface area contributed by atoms with Crippen LogP contribution in [0.4, 0.5) is 0 Å². The highest BCUT2D eigenvalue weighted by Gasteiger charge is 2.34. The van der Waals surface area contributed by atoms with Crippen molar-refractivity contribution < 1.29 is 4.79 Å². The van der Waals surface area contributed by atoms with Crippen molar-refractivity contribution in [3.8, 4) is 0 Å². The van der Waals surface area contributed by atoms with Gasteiger partial charge in [0.25, 0.3) is 0 Å². The number of likely N-dealkylation sites (tertiary alicyclic amines) is 1. The molecule has 0 saturated carbocycles. The molecule has 1 aromatic heterocycles. The van der Waals surface area contributed by atoms with Gasteiger partial charge in [-0.2, -0.15) is 0 Å². The van der Waals surface area contributed by atoms with Gasteiger partial charge < -0.3 is 10.2 Å². The van der Waals surface area contributed by atoms with Gasteiger partial charge in [-0.25, -0.2) is 9.97 Å². The van der Waals surface area contributed by atoms with Crippen molar-refractivity contribution in [2.24, 2.45) is 5.92 Å². The lowest BCUT2D eigenvalue weighted by molar-refractivity contribution is -0.136. The van der Waals surface area contributed by atoms with Crippen molar-refractivity contribution in [1.82, 2.24) is 20.2 Å². The van der Waals surface area contributed by atoms with Gasteiger partial charge in [0.05, 0.1) is 6.04 Å². The number of amides is 1. The molecular formula is C17H26N4O. The highest BCUT2D eigenvalue weighted by Crippen LogP contribution is 2.32. The van der Waals surface area contributed by atoms with Crippen LogP contribution in [0.3, 0.4) is 0 Å². The van der Waals surface area contributed by atoms with Crippen LogP contribution in [0.2, 0.25) is 0 Å². The van der Waals surface area contributed by atoms with E-state index in [9.17, 15) is 4.79 Å². The summed E-state index contributed by atoms with van der Waals surface area (Å²) in [4.78, 5) is 24.1. The second-order valence-corrected chi connectivity index (χ2v) is 6.33. The molecule has 1 amide bonds. The summed E-state index contributed by atoms with van der Waals surface area (Å²) in [6, 6.07) is 0.0771. The van der Waals surface area contributed by atoms with Crippen molar-refractivity contribution in [3.63, 3.8) is 0 Å². The minimum atomic E-state index is 0.0771. The molecular weight excluding hydrogens is 276 g/mol. The molecule has 0 aliphatic carbocycles. The molecule has 22 heavy (non-hydrogen) atoms. The number of carbonyl (C=O) groups is 1. The molecule has 1 unspecified atom stereocenters. The normalized spacial score (nSPS) is 21.2. The first-order valence-corrected chi connectivity index (χ1v) is 8.60. The Morgan fingerprint density at radius 2 is 2.27 bits per heavy atom. The summed E-state index contributed by atoms with van der Waals surface area (Å²) in [6.07, 6.45) is 6.77. The largest absolute Gasteiger partial charge is 0.332 e. The third-order valence-electron chi connectivity index (χ3n) is 5.00. The predicted octanol–water partition coefficient (Wildman–Crippen LogP) is 2.22. The number of carbonyl (C=O) groups excluding carboxylic acids is 1. The molecule has 3 rings (SSSR count). The molecule has 0 spiro atoms. The molecule has 1 fully saturated rings. The van der Waals surface area contributed by atoms with Crippen LogP contribution in [-0.2, 0) is 17.8 Å². The Labute approximate surface area is 132 Å². The number of fused-ring (bicyclic) bond motifs is 1. The molecule has 2 aliphatic rings. The number of rotatable bonds is 4. The molecule has 1 N–H and O–H groups in total. The smallest absolute Gasteiger partial charge is 0.226 e. The van der Waals surface area contributed by atoms with Crippen LogP contribution < -0.4 is 5.32 Å². The Hall–Kier alpha value is -1.49. The van der Waals surface area contributed by atoms with Gasteiger partial charge in [-0.15, -0.1) is 0 Å². The lowest BCUT2D eigenvalue weighted by atomic mass is 10.0.